The fourth-order valence-electron chi connectivity index (χ4n) is 3.18. The van der Waals surface area contributed by atoms with Gasteiger partial charge in [0.25, 0.3) is 5.69 Å². The van der Waals surface area contributed by atoms with Crippen molar-refractivity contribution in [3.8, 4) is 11.5 Å². The summed E-state index contributed by atoms with van der Waals surface area (Å²) in [6.45, 7) is -1.64. The highest BCUT2D eigenvalue weighted by atomic mass is 19.3. The van der Waals surface area contributed by atoms with Crippen molar-refractivity contribution in [2.75, 3.05) is 34.3 Å². The van der Waals surface area contributed by atoms with Crippen LogP contribution in [0.2, 0.25) is 0 Å². The lowest BCUT2D eigenvalue weighted by atomic mass is 9.95. The van der Waals surface area contributed by atoms with Crippen LogP contribution in [0.1, 0.15) is 18.4 Å². The van der Waals surface area contributed by atoms with Gasteiger partial charge < -0.3 is 14.4 Å². The molecule has 1 saturated heterocycles. The second kappa shape index (κ2) is 8.94. The number of piperidine rings is 1. The Hall–Kier alpha value is -2.49. The molecule has 0 radical (unpaired) electrons. The predicted octanol–water partition coefficient (Wildman–Crippen LogP) is 2.51. The molecule has 27 heavy (non-hydrogen) atoms. The molecule has 0 aliphatic carbocycles. The van der Waals surface area contributed by atoms with Gasteiger partial charge in [-0.05, 0) is 32.0 Å². The largest absolute Gasteiger partial charge is 0.493 e. The van der Waals surface area contributed by atoms with E-state index >= 15 is 0 Å². The van der Waals surface area contributed by atoms with Crippen LogP contribution in [-0.4, -0.2) is 61.5 Å². The summed E-state index contributed by atoms with van der Waals surface area (Å²) >= 11 is 0. The molecule has 1 fully saturated rings. The fraction of sp³-hybridized carbons (Fsp3) is 0.588. The van der Waals surface area contributed by atoms with Crippen LogP contribution in [0.3, 0.4) is 0 Å². The van der Waals surface area contributed by atoms with Gasteiger partial charge in [0.15, 0.2) is 11.5 Å². The molecule has 0 bridgehead atoms. The number of methoxy groups -OCH3 is 1. The van der Waals surface area contributed by atoms with Gasteiger partial charge in [-0.1, -0.05) is 0 Å². The average molecular weight is 387 g/mol. The third-order valence-electron chi connectivity index (χ3n) is 4.55. The first-order valence-corrected chi connectivity index (χ1v) is 8.46. The summed E-state index contributed by atoms with van der Waals surface area (Å²) in [7, 11) is 4.71. The molecule has 1 aliphatic rings. The van der Waals surface area contributed by atoms with Crippen molar-refractivity contribution in [1.29, 1.82) is 0 Å². The fourth-order valence-corrected chi connectivity index (χ4v) is 3.18. The van der Waals surface area contributed by atoms with E-state index in [0.717, 1.165) is 6.07 Å². The van der Waals surface area contributed by atoms with Gasteiger partial charge in [0.2, 0.25) is 5.91 Å². The standard InChI is InChI=1S/C17H23F2N3O5/c1-20(2)16(23)11-4-6-21(7-5-11)10-12-8-14(26-3)15(27-17(18)19)9-13(12)22(24)25/h8-9,11,17H,4-7,10H2,1-3H3. The number of carbonyl (C=O) groups excluding carboxylic acids is 1. The third-order valence-corrected chi connectivity index (χ3v) is 4.55. The van der Waals surface area contributed by atoms with Crippen molar-refractivity contribution >= 4 is 11.6 Å². The van der Waals surface area contributed by atoms with Crippen LogP contribution >= 0.6 is 0 Å². The maximum Gasteiger partial charge on any atom is 0.387 e. The Balaban J connectivity index is 2.16. The first-order valence-electron chi connectivity index (χ1n) is 8.46. The van der Waals surface area contributed by atoms with Gasteiger partial charge in [0, 0.05) is 32.1 Å². The average Bonchev–Trinajstić information content (AvgIpc) is 2.61. The summed E-state index contributed by atoms with van der Waals surface area (Å²) in [4.78, 5) is 26.3. The van der Waals surface area contributed by atoms with Crippen molar-refractivity contribution in [3.05, 3.63) is 27.8 Å². The quantitative estimate of drug-likeness (QED) is 0.528. The summed E-state index contributed by atoms with van der Waals surface area (Å²) in [6.07, 6.45) is 1.32. The van der Waals surface area contributed by atoms with Crippen LogP contribution in [0.15, 0.2) is 12.1 Å². The smallest absolute Gasteiger partial charge is 0.387 e. The highest BCUT2D eigenvalue weighted by molar-refractivity contribution is 5.78. The first kappa shape index (κ1) is 20.8. The molecule has 0 spiro atoms. The van der Waals surface area contributed by atoms with Crippen LogP contribution < -0.4 is 9.47 Å². The lowest BCUT2D eigenvalue weighted by Gasteiger charge is -2.32. The Morgan fingerprint density at radius 3 is 2.44 bits per heavy atom. The number of halogens is 2. The molecular weight excluding hydrogens is 364 g/mol. The number of ether oxygens (including phenoxy) is 2. The molecule has 1 aliphatic heterocycles. The van der Waals surface area contributed by atoms with Crippen LogP contribution in [0, 0.1) is 16.0 Å². The summed E-state index contributed by atoms with van der Waals surface area (Å²) in [6, 6.07) is 2.32. The molecule has 0 unspecified atom stereocenters. The SMILES string of the molecule is COc1cc(CN2CCC(C(=O)N(C)C)CC2)c([N+](=O)[O-])cc1OC(F)F. The van der Waals surface area contributed by atoms with E-state index in [1.165, 1.54) is 13.2 Å². The zero-order valence-corrected chi connectivity index (χ0v) is 15.5. The van der Waals surface area contributed by atoms with Crippen LogP contribution in [0.25, 0.3) is 0 Å². The molecular formula is C17H23F2N3O5. The van der Waals surface area contributed by atoms with E-state index in [1.54, 1.807) is 19.0 Å². The second-order valence-corrected chi connectivity index (χ2v) is 6.55. The van der Waals surface area contributed by atoms with Gasteiger partial charge >= 0.3 is 6.61 Å². The minimum atomic E-state index is -3.11. The molecule has 150 valence electrons. The van der Waals surface area contributed by atoms with Crippen molar-refractivity contribution in [2.45, 2.75) is 26.0 Å². The van der Waals surface area contributed by atoms with Crippen molar-refractivity contribution < 1.29 is 28.0 Å². The first-order chi connectivity index (χ1) is 12.7. The maximum atomic E-state index is 12.5. The number of carbonyl (C=O) groups is 1. The number of nitro benzene ring substituents is 1. The number of hydrogen-bond donors (Lipinski definition) is 0. The van der Waals surface area contributed by atoms with Crippen LogP contribution in [0.4, 0.5) is 14.5 Å². The van der Waals surface area contributed by atoms with Gasteiger partial charge in [0.1, 0.15) is 0 Å². The molecule has 8 nitrogen and oxygen atoms in total. The summed E-state index contributed by atoms with van der Waals surface area (Å²) in [5.74, 6) is -0.342. The molecule has 10 heteroatoms. The number of alkyl halides is 2. The molecule has 0 saturated carbocycles. The minimum Gasteiger partial charge on any atom is -0.493 e. The van der Waals surface area contributed by atoms with E-state index in [4.69, 9.17) is 4.74 Å². The predicted molar refractivity (Wildman–Crippen MR) is 93.0 cm³/mol. The zero-order valence-electron chi connectivity index (χ0n) is 15.5. The topological polar surface area (TPSA) is 85.2 Å². The highest BCUT2D eigenvalue weighted by Gasteiger charge is 2.28. The molecule has 0 aromatic heterocycles. The second-order valence-electron chi connectivity index (χ2n) is 6.55. The normalized spacial score (nSPS) is 15.6. The molecule has 0 atom stereocenters. The molecule has 1 amide bonds. The Labute approximate surface area is 155 Å². The molecule has 2 rings (SSSR count). The zero-order chi connectivity index (χ0) is 20.1. The van der Waals surface area contributed by atoms with E-state index in [1.807, 2.05) is 4.90 Å². The Morgan fingerprint density at radius 1 is 1.33 bits per heavy atom. The van der Waals surface area contributed by atoms with Crippen LogP contribution in [0.5, 0.6) is 11.5 Å². The molecule has 1 aromatic rings. The highest BCUT2D eigenvalue weighted by Crippen LogP contribution is 2.36. The van der Waals surface area contributed by atoms with Crippen molar-refractivity contribution in [1.82, 2.24) is 9.80 Å². The van der Waals surface area contributed by atoms with E-state index < -0.39 is 11.5 Å². The van der Waals surface area contributed by atoms with Crippen LogP contribution in [-0.2, 0) is 11.3 Å². The van der Waals surface area contributed by atoms with Gasteiger partial charge in [-0.15, -0.1) is 0 Å². The van der Waals surface area contributed by atoms with E-state index in [2.05, 4.69) is 4.74 Å². The van der Waals surface area contributed by atoms with E-state index in [0.29, 0.717) is 31.5 Å². The number of likely N-dealkylation sites (tertiary alicyclic amines) is 1. The number of nitrogens with zero attached hydrogens (tertiary/aromatic N) is 3. The lowest BCUT2D eigenvalue weighted by Crippen LogP contribution is -2.39. The monoisotopic (exact) mass is 387 g/mol. The number of benzene rings is 1. The number of rotatable bonds is 7. The van der Waals surface area contributed by atoms with Crippen molar-refractivity contribution in [3.63, 3.8) is 0 Å². The van der Waals surface area contributed by atoms with E-state index in [9.17, 15) is 23.7 Å². The number of hydrogen-bond acceptors (Lipinski definition) is 6. The minimum absolute atomic E-state index is 0.00794. The van der Waals surface area contributed by atoms with Gasteiger partial charge in [0.05, 0.1) is 18.1 Å². The molecule has 1 aromatic carbocycles. The van der Waals surface area contributed by atoms with E-state index in [-0.39, 0.29) is 35.6 Å². The molecule has 0 N–H and O–H groups in total. The molecule has 1 heterocycles. The van der Waals surface area contributed by atoms with Gasteiger partial charge in [-0.3, -0.25) is 19.8 Å². The van der Waals surface area contributed by atoms with Gasteiger partial charge in [-0.2, -0.15) is 8.78 Å². The number of nitro groups is 1. The summed E-state index contributed by atoms with van der Waals surface area (Å²) < 4.78 is 34.4. The third kappa shape index (κ3) is 5.25. The summed E-state index contributed by atoms with van der Waals surface area (Å²) in [5.41, 5.74) is 0.0359. The summed E-state index contributed by atoms with van der Waals surface area (Å²) in [5, 5.41) is 11.4. The Morgan fingerprint density at radius 2 is 1.96 bits per heavy atom. The Kier molecular flexibility index (Phi) is 6.89. The van der Waals surface area contributed by atoms with Crippen molar-refractivity contribution in [2.24, 2.45) is 5.92 Å². The van der Waals surface area contributed by atoms with Gasteiger partial charge in [-0.25, -0.2) is 0 Å². The Bertz CT molecular complexity index is 691. The number of amides is 1. The maximum absolute atomic E-state index is 12.5. The lowest BCUT2D eigenvalue weighted by molar-refractivity contribution is -0.385.